The average molecular weight is 250 g/mol. The maximum absolute atomic E-state index is 5.29. The van der Waals surface area contributed by atoms with Crippen molar-refractivity contribution in [1.29, 1.82) is 0 Å². The van der Waals surface area contributed by atoms with E-state index in [0.29, 0.717) is 18.4 Å². The van der Waals surface area contributed by atoms with Crippen LogP contribution in [0.3, 0.4) is 0 Å². The zero-order valence-electron chi connectivity index (χ0n) is 12.5. The van der Waals surface area contributed by atoms with Crippen molar-refractivity contribution in [2.45, 2.75) is 59.0 Å². The predicted molar refractivity (Wildman–Crippen MR) is 75.7 cm³/mol. The second-order valence-corrected chi connectivity index (χ2v) is 6.20. The zero-order valence-corrected chi connectivity index (χ0v) is 12.5. The Labute approximate surface area is 111 Å². The smallest absolute Gasteiger partial charge is 0.0952 e. The topological polar surface area (TPSA) is 18.5 Å². The van der Waals surface area contributed by atoms with Crippen molar-refractivity contribution < 1.29 is 9.78 Å². The molecule has 0 N–H and O–H groups in total. The highest BCUT2D eigenvalue weighted by Gasteiger charge is 2.13. The summed E-state index contributed by atoms with van der Waals surface area (Å²) in [6, 6.07) is 8.75. The minimum absolute atomic E-state index is 0.249. The van der Waals surface area contributed by atoms with E-state index < -0.39 is 0 Å². The second kappa shape index (κ2) is 6.35. The largest absolute Gasteiger partial charge is 0.236 e. The van der Waals surface area contributed by atoms with Crippen molar-refractivity contribution in [3.63, 3.8) is 0 Å². The minimum atomic E-state index is -0.249. The predicted octanol–water partition coefficient (Wildman–Crippen LogP) is 4.66. The lowest BCUT2D eigenvalue weighted by atomic mass is 9.97. The zero-order chi connectivity index (χ0) is 13.8. The third-order valence-corrected chi connectivity index (χ3v) is 2.80. The fraction of sp³-hybridized carbons (Fsp3) is 0.625. The minimum Gasteiger partial charge on any atom is -0.236 e. The lowest BCUT2D eigenvalue weighted by Gasteiger charge is -2.20. The number of hydrogen-bond acceptors (Lipinski definition) is 2. The van der Waals surface area contributed by atoms with E-state index in [1.807, 2.05) is 20.8 Å². The Balaban J connectivity index is 2.49. The molecule has 0 fully saturated rings. The van der Waals surface area contributed by atoms with Gasteiger partial charge in [0.15, 0.2) is 0 Å². The van der Waals surface area contributed by atoms with Crippen molar-refractivity contribution in [3.8, 4) is 0 Å². The Morgan fingerprint density at radius 3 is 1.89 bits per heavy atom. The highest BCUT2D eigenvalue weighted by molar-refractivity contribution is 5.26. The summed E-state index contributed by atoms with van der Waals surface area (Å²) in [6.07, 6.45) is 0. The summed E-state index contributed by atoms with van der Waals surface area (Å²) in [5, 5.41) is 0. The molecule has 102 valence electrons. The fourth-order valence-corrected chi connectivity index (χ4v) is 1.62. The van der Waals surface area contributed by atoms with Crippen LogP contribution in [0.2, 0.25) is 0 Å². The summed E-state index contributed by atoms with van der Waals surface area (Å²) in [4.78, 5) is 10.6. The summed E-state index contributed by atoms with van der Waals surface area (Å²) in [7, 11) is 0. The highest BCUT2D eigenvalue weighted by Crippen LogP contribution is 2.20. The summed E-state index contributed by atoms with van der Waals surface area (Å²) in [5.41, 5.74) is 2.41. The quantitative estimate of drug-likeness (QED) is 0.559. The van der Waals surface area contributed by atoms with Crippen molar-refractivity contribution in [2.75, 3.05) is 6.61 Å². The first-order valence-corrected chi connectivity index (χ1v) is 6.70. The standard InChI is InChI=1S/C16H26O2/c1-12(2)14-7-9-15(10-8-14)13(3)11-17-18-16(4,5)6/h7-10,12-13H,11H2,1-6H3. The number of rotatable bonds is 5. The van der Waals surface area contributed by atoms with Crippen LogP contribution in [0.1, 0.15) is 64.5 Å². The van der Waals surface area contributed by atoms with Crippen molar-refractivity contribution >= 4 is 0 Å². The van der Waals surface area contributed by atoms with E-state index in [-0.39, 0.29) is 5.60 Å². The van der Waals surface area contributed by atoms with Gasteiger partial charge in [-0.15, -0.1) is 0 Å². The van der Waals surface area contributed by atoms with Crippen LogP contribution in [0.5, 0.6) is 0 Å². The molecule has 0 bridgehead atoms. The van der Waals surface area contributed by atoms with Gasteiger partial charge in [0.25, 0.3) is 0 Å². The molecule has 0 aliphatic carbocycles. The van der Waals surface area contributed by atoms with Crippen LogP contribution in [0.4, 0.5) is 0 Å². The van der Waals surface area contributed by atoms with Crippen LogP contribution >= 0.6 is 0 Å². The molecule has 0 aliphatic rings. The van der Waals surface area contributed by atoms with Crippen molar-refractivity contribution in [1.82, 2.24) is 0 Å². The molecular formula is C16H26O2. The first-order valence-electron chi connectivity index (χ1n) is 6.70. The third kappa shape index (κ3) is 5.19. The molecule has 0 radical (unpaired) electrons. The first kappa shape index (κ1) is 15.2. The molecule has 1 aromatic carbocycles. The van der Waals surface area contributed by atoms with Gasteiger partial charge in [0.2, 0.25) is 0 Å². The summed E-state index contributed by atoms with van der Waals surface area (Å²) >= 11 is 0. The van der Waals surface area contributed by atoms with Gasteiger partial charge in [-0.3, -0.25) is 0 Å². The third-order valence-electron chi connectivity index (χ3n) is 2.80. The first-order chi connectivity index (χ1) is 8.29. The summed E-state index contributed by atoms with van der Waals surface area (Å²) in [5.74, 6) is 0.920. The molecule has 0 saturated heterocycles. The maximum Gasteiger partial charge on any atom is 0.0952 e. The molecular weight excluding hydrogens is 224 g/mol. The van der Waals surface area contributed by atoms with Gasteiger partial charge in [-0.05, 0) is 37.8 Å². The average Bonchev–Trinajstić information content (AvgIpc) is 2.27. The van der Waals surface area contributed by atoms with E-state index in [9.17, 15) is 0 Å². The molecule has 0 aliphatic heterocycles. The molecule has 1 atom stereocenters. The molecule has 2 nitrogen and oxygen atoms in total. The van der Waals surface area contributed by atoms with Gasteiger partial charge in [-0.2, -0.15) is 0 Å². The molecule has 1 aromatic rings. The van der Waals surface area contributed by atoms with Gasteiger partial charge in [0, 0.05) is 5.92 Å². The van der Waals surface area contributed by atoms with Crippen molar-refractivity contribution in [2.24, 2.45) is 0 Å². The Hall–Kier alpha value is -0.860. The van der Waals surface area contributed by atoms with Crippen LogP contribution in [-0.4, -0.2) is 12.2 Å². The van der Waals surface area contributed by atoms with Gasteiger partial charge in [-0.25, -0.2) is 9.78 Å². The molecule has 0 spiro atoms. The SMILES string of the molecule is CC(C)c1ccc(C(C)COOC(C)(C)C)cc1. The van der Waals surface area contributed by atoms with Gasteiger partial charge in [0.1, 0.15) is 0 Å². The Morgan fingerprint density at radius 1 is 0.944 bits per heavy atom. The second-order valence-electron chi connectivity index (χ2n) is 6.20. The maximum atomic E-state index is 5.29. The van der Waals surface area contributed by atoms with Gasteiger partial charge in [0.05, 0.1) is 12.2 Å². The highest BCUT2D eigenvalue weighted by atomic mass is 17.2. The Morgan fingerprint density at radius 2 is 1.44 bits per heavy atom. The summed E-state index contributed by atoms with van der Waals surface area (Å²) < 4.78 is 0. The number of benzene rings is 1. The van der Waals surface area contributed by atoms with E-state index >= 15 is 0 Å². The van der Waals surface area contributed by atoms with E-state index in [1.165, 1.54) is 11.1 Å². The Bertz CT molecular complexity index is 346. The molecule has 0 aromatic heterocycles. The molecule has 1 unspecified atom stereocenters. The lowest BCUT2D eigenvalue weighted by Crippen LogP contribution is -2.20. The lowest BCUT2D eigenvalue weighted by molar-refractivity contribution is -0.350. The molecule has 0 amide bonds. The van der Waals surface area contributed by atoms with E-state index in [4.69, 9.17) is 9.78 Å². The fourth-order valence-electron chi connectivity index (χ4n) is 1.62. The van der Waals surface area contributed by atoms with Crippen LogP contribution in [-0.2, 0) is 9.78 Å². The van der Waals surface area contributed by atoms with E-state index in [1.54, 1.807) is 0 Å². The van der Waals surface area contributed by atoms with Gasteiger partial charge >= 0.3 is 0 Å². The van der Waals surface area contributed by atoms with Crippen LogP contribution < -0.4 is 0 Å². The molecule has 1 rings (SSSR count). The molecule has 0 saturated carbocycles. The van der Waals surface area contributed by atoms with Crippen molar-refractivity contribution in [3.05, 3.63) is 35.4 Å². The normalized spacial score (nSPS) is 13.9. The van der Waals surface area contributed by atoms with Crippen LogP contribution in [0.15, 0.2) is 24.3 Å². The van der Waals surface area contributed by atoms with E-state index in [2.05, 4.69) is 45.0 Å². The monoisotopic (exact) mass is 250 g/mol. The summed E-state index contributed by atoms with van der Waals surface area (Å²) in [6.45, 7) is 13.1. The van der Waals surface area contributed by atoms with E-state index in [0.717, 1.165) is 0 Å². The van der Waals surface area contributed by atoms with Crippen LogP contribution in [0.25, 0.3) is 0 Å². The molecule has 18 heavy (non-hydrogen) atoms. The molecule has 0 heterocycles. The van der Waals surface area contributed by atoms with Gasteiger partial charge in [-0.1, -0.05) is 45.0 Å². The van der Waals surface area contributed by atoms with Gasteiger partial charge < -0.3 is 0 Å². The molecule has 2 heteroatoms. The Kier molecular flexibility index (Phi) is 5.36. The number of hydrogen-bond donors (Lipinski definition) is 0. The van der Waals surface area contributed by atoms with Crippen LogP contribution in [0, 0.1) is 0 Å².